The quantitative estimate of drug-likeness (QED) is 0.516. The fourth-order valence-corrected chi connectivity index (χ4v) is 1.19. The molecule has 0 heterocycles. The molecule has 0 radical (unpaired) electrons. The van der Waals surface area contributed by atoms with Crippen molar-refractivity contribution in [3.8, 4) is 0 Å². The minimum atomic E-state index is -0.117. The van der Waals surface area contributed by atoms with Crippen molar-refractivity contribution in [1.82, 2.24) is 5.32 Å². The normalized spacial score (nSPS) is 12.7. The first kappa shape index (κ1) is 14.7. The second-order valence-electron chi connectivity index (χ2n) is 3.40. The number of hydrogen-bond acceptors (Lipinski definition) is 3. The first-order chi connectivity index (χ1) is 7.63. The molecule has 0 unspecified atom stereocenters. The number of amides is 1. The smallest absolute Gasteiger partial charge is 0.245 e. The van der Waals surface area contributed by atoms with Crippen LogP contribution in [0.5, 0.6) is 0 Å². The van der Waals surface area contributed by atoms with Crippen LogP contribution >= 0.6 is 0 Å². The Bertz CT molecular complexity index is 269. The van der Waals surface area contributed by atoms with E-state index in [0.717, 1.165) is 18.4 Å². The summed E-state index contributed by atoms with van der Waals surface area (Å²) in [6.07, 6.45) is 4.98. The lowest BCUT2D eigenvalue weighted by Gasteiger charge is -2.06. The molecule has 92 valence electrons. The van der Waals surface area contributed by atoms with Crippen LogP contribution in [-0.2, 0) is 9.53 Å². The third kappa shape index (κ3) is 7.06. The molecule has 16 heavy (non-hydrogen) atoms. The van der Waals surface area contributed by atoms with Crippen LogP contribution in [0.15, 0.2) is 23.5 Å². The number of hydrogen-bond donors (Lipinski definition) is 2. The molecule has 0 aliphatic carbocycles. The molecule has 0 aromatic carbocycles. The fourth-order valence-electron chi connectivity index (χ4n) is 1.19. The van der Waals surface area contributed by atoms with E-state index in [1.54, 1.807) is 19.1 Å². The van der Waals surface area contributed by atoms with E-state index in [1.807, 2.05) is 6.92 Å². The van der Waals surface area contributed by atoms with Crippen LogP contribution in [0.2, 0.25) is 0 Å². The van der Waals surface area contributed by atoms with Gasteiger partial charge in [0.1, 0.15) is 12.4 Å². The first-order valence-corrected chi connectivity index (χ1v) is 5.44. The summed E-state index contributed by atoms with van der Waals surface area (Å²) in [6, 6.07) is 0. The largest absolute Gasteiger partial charge is 0.508 e. The molecule has 0 spiro atoms. The van der Waals surface area contributed by atoms with Crippen molar-refractivity contribution < 1.29 is 14.6 Å². The predicted octanol–water partition coefficient (Wildman–Crippen LogP) is 1.94. The lowest BCUT2D eigenvalue weighted by molar-refractivity contribution is -0.124. The highest BCUT2D eigenvalue weighted by atomic mass is 16.5. The molecule has 0 aliphatic rings. The molecule has 0 rings (SSSR count). The van der Waals surface area contributed by atoms with Crippen molar-refractivity contribution in [1.29, 1.82) is 0 Å². The van der Waals surface area contributed by atoms with Gasteiger partial charge in [-0.2, -0.15) is 0 Å². The number of carbonyl (C=O) groups excluding carboxylic acids is 1. The maximum Gasteiger partial charge on any atom is 0.245 e. The fraction of sp³-hybridized carbons (Fsp3) is 0.583. The summed E-state index contributed by atoms with van der Waals surface area (Å²) in [5.74, 6) is 0.147. The molecule has 0 aromatic rings. The maximum absolute atomic E-state index is 11.1. The van der Waals surface area contributed by atoms with Gasteiger partial charge in [-0.3, -0.25) is 4.79 Å². The summed E-state index contributed by atoms with van der Waals surface area (Å²) in [4.78, 5) is 11.1. The Balaban J connectivity index is 3.97. The summed E-state index contributed by atoms with van der Waals surface area (Å²) in [6.45, 7) is 4.45. The molecule has 0 saturated heterocycles. The van der Waals surface area contributed by atoms with Crippen molar-refractivity contribution in [3.63, 3.8) is 0 Å². The summed E-state index contributed by atoms with van der Waals surface area (Å²) in [5, 5.41) is 12.1. The summed E-state index contributed by atoms with van der Waals surface area (Å²) in [7, 11) is 1.49. The van der Waals surface area contributed by atoms with Crippen LogP contribution in [0.3, 0.4) is 0 Å². The SMILES string of the molecule is C/C=C(O)\C=C(/CC)CCNC(=O)COC. The van der Waals surface area contributed by atoms with E-state index in [2.05, 4.69) is 5.32 Å². The Morgan fingerprint density at radius 3 is 2.69 bits per heavy atom. The summed E-state index contributed by atoms with van der Waals surface area (Å²) in [5.41, 5.74) is 1.10. The zero-order chi connectivity index (χ0) is 12.4. The highest BCUT2D eigenvalue weighted by Gasteiger charge is 2.00. The summed E-state index contributed by atoms with van der Waals surface area (Å²) >= 11 is 0. The number of carbonyl (C=O) groups is 1. The molecule has 4 heteroatoms. The van der Waals surface area contributed by atoms with Gasteiger partial charge < -0.3 is 15.2 Å². The van der Waals surface area contributed by atoms with Gasteiger partial charge in [0.15, 0.2) is 0 Å². The van der Waals surface area contributed by atoms with Crippen LogP contribution in [0, 0.1) is 0 Å². The average Bonchev–Trinajstić information content (AvgIpc) is 2.27. The van der Waals surface area contributed by atoms with E-state index in [1.165, 1.54) is 7.11 Å². The van der Waals surface area contributed by atoms with Gasteiger partial charge in [0.05, 0.1) is 0 Å². The van der Waals surface area contributed by atoms with Gasteiger partial charge in [0.2, 0.25) is 5.91 Å². The van der Waals surface area contributed by atoms with E-state index in [-0.39, 0.29) is 18.3 Å². The van der Waals surface area contributed by atoms with Gasteiger partial charge in [0.25, 0.3) is 0 Å². The van der Waals surface area contributed by atoms with Crippen molar-refractivity contribution in [3.05, 3.63) is 23.5 Å². The van der Waals surface area contributed by atoms with E-state index in [9.17, 15) is 9.90 Å². The van der Waals surface area contributed by atoms with Crippen molar-refractivity contribution in [2.75, 3.05) is 20.3 Å². The number of aliphatic hydroxyl groups is 1. The second kappa shape index (κ2) is 8.97. The number of allylic oxidation sites excluding steroid dienone is 2. The predicted molar refractivity (Wildman–Crippen MR) is 64.3 cm³/mol. The standard InChI is InChI=1S/C12H21NO3/c1-4-10(8-11(14)5-2)6-7-13-12(15)9-16-3/h5,8,14H,4,6-7,9H2,1-3H3,(H,13,15)/b10-8+,11-5+. The Labute approximate surface area is 97.0 Å². The zero-order valence-corrected chi connectivity index (χ0v) is 10.2. The molecule has 0 bridgehead atoms. The van der Waals surface area contributed by atoms with E-state index in [4.69, 9.17) is 4.74 Å². The van der Waals surface area contributed by atoms with Gasteiger partial charge in [-0.05, 0) is 31.9 Å². The molecular weight excluding hydrogens is 206 g/mol. The number of nitrogens with one attached hydrogen (secondary N) is 1. The zero-order valence-electron chi connectivity index (χ0n) is 10.2. The number of methoxy groups -OCH3 is 1. The van der Waals surface area contributed by atoms with Gasteiger partial charge in [-0.15, -0.1) is 0 Å². The third-order valence-electron chi connectivity index (χ3n) is 2.15. The molecule has 0 atom stereocenters. The Hall–Kier alpha value is -1.29. The van der Waals surface area contributed by atoms with E-state index >= 15 is 0 Å². The highest BCUT2D eigenvalue weighted by Crippen LogP contribution is 2.08. The minimum Gasteiger partial charge on any atom is -0.508 e. The Kier molecular flexibility index (Phi) is 8.25. The lowest BCUT2D eigenvalue weighted by Crippen LogP contribution is -2.28. The number of rotatable bonds is 7. The molecule has 2 N–H and O–H groups in total. The van der Waals surface area contributed by atoms with Crippen molar-refractivity contribution in [2.45, 2.75) is 26.7 Å². The van der Waals surface area contributed by atoms with Gasteiger partial charge in [-0.1, -0.05) is 12.5 Å². The van der Waals surface area contributed by atoms with Crippen molar-refractivity contribution in [2.24, 2.45) is 0 Å². The van der Waals surface area contributed by atoms with E-state index < -0.39 is 0 Å². The first-order valence-electron chi connectivity index (χ1n) is 5.44. The molecule has 0 aliphatic heterocycles. The van der Waals surface area contributed by atoms with Crippen LogP contribution in [0.25, 0.3) is 0 Å². The highest BCUT2D eigenvalue weighted by molar-refractivity contribution is 5.77. The topological polar surface area (TPSA) is 58.6 Å². The van der Waals surface area contributed by atoms with Gasteiger partial charge in [0, 0.05) is 13.7 Å². The molecule has 0 aromatic heterocycles. The third-order valence-corrected chi connectivity index (χ3v) is 2.15. The molecular formula is C12H21NO3. The monoisotopic (exact) mass is 227 g/mol. The Morgan fingerprint density at radius 1 is 1.50 bits per heavy atom. The molecule has 0 saturated carbocycles. The van der Waals surface area contributed by atoms with Crippen LogP contribution in [0.4, 0.5) is 0 Å². The van der Waals surface area contributed by atoms with Gasteiger partial charge in [-0.25, -0.2) is 0 Å². The average molecular weight is 227 g/mol. The van der Waals surface area contributed by atoms with Gasteiger partial charge >= 0.3 is 0 Å². The maximum atomic E-state index is 11.1. The van der Waals surface area contributed by atoms with Crippen LogP contribution in [-0.4, -0.2) is 31.3 Å². The molecule has 4 nitrogen and oxygen atoms in total. The number of ether oxygens (including phenoxy) is 1. The number of aliphatic hydroxyl groups excluding tert-OH is 1. The lowest BCUT2D eigenvalue weighted by atomic mass is 10.1. The summed E-state index contributed by atoms with van der Waals surface area (Å²) < 4.78 is 4.69. The molecule has 1 amide bonds. The van der Waals surface area contributed by atoms with Crippen molar-refractivity contribution >= 4 is 5.91 Å². The van der Waals surface area contributed by atoms with Crippen LogP contribution in [0.1, 0.15) is 26.7 Å². The molecule has 0 fully saturated rings. The Morgan fingerprint density at radius 2 is 2.19 bits per heavy atom. The second-order valence-corrected chi connectivity index (χ2v) is 3.40. The van der Waals surface area contributed by atoms with E-state index in [0.29, 0.717) is 6.54 Å². The van der Waals surface area contributed by atoms with Crippen LogP contribution < -0.4 is 5.32 Å². The minimum absolute atomic E-state index is 0.0886.